The molecule has 0 N–H and O–H groups in total. The van der Waals surface area contributed by atoms with Crippen LogP contribution in [0.15, 0.2) is 121 Å². The number of para-hydroxylation sites is 2. The van der Waals surface area contributed by atoms with E-state index in [0.29, 0.717) is 0 Å². The van der Waals surface area contributed by atoms with Crippen molar-refractivity contribution in [1.29, 1.82) is 0 Å². The van der Waals surface area contributed by atoms with E-state index in [1.807, 2.05) is 18.3 Å². The molecule has 8 aromatic rings. The summed E-state index contributed by atoms with van der Waals surface area (Å²) in [7, 11) is 0. The molecule has 8 rings (SSSR count). The van der Waals surface area contributed by atoms with Gasteiger partial charge in [-0.2, -0.15) is 0 Å². The van der Waals surface area contributed by atoms with Crippen LogP contribution in [0.5, 0.6) is 0 Å². The summed E-state index contributed by atoms with van der Waals surface area (Å²) in [6, 6.07) is 40.4. The molecular weight excluding hydrogens is 488 g/mol. The largest absolute Gasteiger partial charge is 0.290 e. The molecule has 0 aliphatic heterocycles. The molecule has 0 saturated carbocycles. The normalized spacial score (nSPS) is 12.2. The zero-order chi connectivity index (χ0) is 26.8. The molecule has 4 nitrogen and oxygen atoms in total. The molecule has 0 atom stereocenters. The first-order valence-electron chi connectivity index (χ1n) is 13.6. The lowest BCUT2D eigenvalue weighted by Crippen LogP contribution is -2.20. The van der Waals surface area contributed by atoms with Crippen LogP contribution in [0.3, 0.4) is 0 Å². The highest BCUT2D eigenvalue weighted by atomic mass is 15.0. The molecule has 0 aliphatic carbocycles. The van der Waals surface area contributed by atoms with Crippen LogP contribution in [0.25, 0.3) is 60.5 Å². The summed E-state index contributed by atoms with van der Waals surface area (Å²) in [5.41, 5.74) is 9.09. The lowest BCUT2D eigenvalue weighted by atomic mass is 9.80. The van der Waals surface area contributed by atoms with Crippen molar-refractivity contribution in [3.8, 4) is 11.3 Å². The first-order chi connectivity index (χ1) is 19.6. The number of nitrogens with zero attached hydrogens (tertiary/aromatic N) is 4. The van der Waals surface area contributed by atoms with Gasteiger partial charge >= 0.3 is 0 Å². The Morgan fingerprint density at radius 1 is 0.625 bits per heavy atom. The lowest BCUT2D eigenvalue weighted by Gasteiger charge is -2.26. The van der Waals surface area contributed by atoms with E-state index in [2.05, 4.69) is 121 Å². The van der Waals surface area contributed by atoms with E-state index in [4.69, 9.17) is 15.0 Å². The molecule has 4 heterocycles. The number of rotatable bonds is 3. The summed E-state index contributed by atoms with van der Waals surface area (Å²) < 4.78 is 2.25. The molecule has 4 aromatic carbocycles. The Morgan fingerprint density at radius 2 is 1.40 bits per heavy atom. The van der Waals surface area contributed by atoms with Crippen molar-refractivity contribution in [3.63, 3.8) is 0 Å². The van der Waals surface area contributed by atoms with Crippen molar-refractivity contribution in [1.82, 2.24) is 19.4 Å². The van der Waals surface area contributed by atoms with Crippen molar-refractivity contribution >= 4 is 49.3 Å². The van der Waals surface area contributed by atoms with Gasteiger partial charge in [-0.05, 0) is 47.3 Å². The number of fused-ring (bicyclic) bond motifs is 9. The fraction of sp³-hybridized carbons (Fsp3) is 0.0833. The third-order valence-corrected chi connectivity index (χ3v) is 8.25. The number of hydrogen-bond acceptors (Lipinski definition) is 3. The third kappa shape index (κ3) is 3.36. The van der Waals surface area contributed by atoms with Gasteiger partial charge in [0.25, 0.3) is 0 Å². The molecular formula is C36H26N4. The highest BCUT2D eigenvalue weighted by Gasteiger charge is 2.26. The Hall–Kier alpha value is -5.09. The average molecular weight is 515 g/mol. The van der Waals surface area contributed by atoms with Crippen LogP contribution < -0.4 is 0 Å². The van der Waals surface area contributed by atoms with Crippen molar-refractivity contribution in [2.75, 3.05) is 0 Å². The Labute approximate surface area is 231 Å². The SMILES string of the molecule is CC(C)(c1cccc(-c2cc3ccccc3cn2)c1)c1ccc2c(n1)c1ccccc1c1nc3ccccc3n21. The van der Waals surface area contributed by atoms with Gasteiger partial charge in [-0.1, -0.05) is 92.7 Å². The molecule has 0 unspecified atom stereocenters. The standard InChI is InChI=1S/C36H26N4/c1-36(2,26-13-9-12-24(20-26)30-21-23-10-3-4-11-25(23)22-37-30)33-19-18-32-34(39-33)27-14-5-6-15-28(27)35-38-29-16-7-8-17-31(29)40(32)35/h3-22H,1-2H3. The minimum Gasteiger partial charge on any atom is -0.290 e. The van der Waals surface area contributed by atoms with E-state index in [9.17, 15) is 0 Å². The number of aromatic nitrogens is 4. The zero-order valence-corrected chi connectivity index (χ0v) is 22.3. The van der Waals surface area contributed by atoms with E-state index in [1.54, 1.807) is 0 Å². The van der Waals surface area contributed by atoms with E-state index < -0.39 is 0 Å². The van der Waals surface area contributed by atoms with Crippen molar-refractivity contribution in [2.45, 2.75) is 19.3 Å². The first kappa shape index (κ1) is 22.9. The molecule has 190 valence electrons. The van der Waals surface area contributed by atoms with Crippen LogP contribution in [0, 0.1) is 0 Å². The predicted molar refractivity (Wildman–Crippen MR) is 165 cm³/mol. The predicted octanol–water partition coefficient (Wildman–Crippen LogP) is 8.73. The second-order valence-corrected chi connectivity index (χ2v) is 11.0. The molecule has 0 bridgehead atoms. The van der Waals surface area contributed by atoms with Gasteiger partial charge in [0.15, 0.2) is 0 Å². The van der Waals surface area contributed by atoms with Crippen LogP contribution >= 0.6 is 0 Å². The maximum absolute atomic E-state index is 5.37. The molecule has 0 saturated heterocycles. The van der Waals surface area contributed by atoms with Gasteiger partial charge in [0.05, 0.1) is 33.5 Å². The second-order valence-electron chi connectivity index (χ2n) is 11.0. The van der Waals surface area contributed by atoms with Gasteiger partial charge in [-0.25, -0.2) is 9.97 Å². The number of imidazole rings is 1. The molecule has 4 aromatic heterocycles. The summed E-state index contributed by atoms with van der Waals surface area (Å²) in [6.45, 7) is 4.50. The number of hydrogen-bond donors (Lipinski definition) is 0. The minimum atomic E-state index is -0.325. The van der Waals surface area contributed by atoms with Gasteiger partial charge < -0.3 is 0 Å². The molecule has 40 heavy (non-hydrogen) atoms. The fourth-order valence-corrected chi connectivity index (χ4v) is 5.97. The molecule has 4 heteroatoms. The molecule has 0 radical (unpaired) electrons. The van der Waals surface area contributed by atoms with E-state index in [1.165, 1.54) is 10.9 Å². The smallest absolute Gasteiger partial charge is 0.146 e. The Bertz CT molecular complexity index is 2260. The Morgan fingerprint density at radius 3 is 2.30 bits per heavy atom. The van der Waals surface area contributed by atoms with Gasteiger partial charge in [-0.15, -0.1) is 0 Å². The lowest BCUT2D eigenvalue weighted by molar-refractivity contribution is 0.620. The van der Waals surface area contributed by atoms with E-state index in [-0.39, 0.29) is 5.41 Å². The summed E-state index contributed by atoms with van der Waals surface area (Å²) in [5, 5.41) is 4.57. The molecule has 0 fully saturated rings. The van der Waals surface area contributed by atoms with E-state index >= 15 is 0 Å². The van der Waals surface area contributed by atoms with Crippen molar-refractivity contribution in [3.05, 3.63) is 133 Å². The summed E-state index contributed by atoms with van der Waals surface area (Å²) in [6.07, 6.45) is 1.96. The Kier molecular flexibility index (Phi) is 4.83. The number of benzene rings is 4. The maximum atomic E-state index is 5.37. The van der Waals surface area contributed by atoms with Crippen LogP contribution in [0.4, 0.5) is 0 Å². The van der Waals surface area contributed by atoms with Crippen molar-refractivity contribution < 1.29 is 0 Å². The summed E-state index contributed by atoms with van der Waals surface area (Å²) in [5.74, 6) is 0. The van der Waals surface area contributed by atoms with Crippen LogP contribution in [0.2, 0.25) is 0 Å². The minimum absolute atomic E-state index is 0.325. The molecule has 0 spiro atoms. The van der Waals surface area contributed by atoms with E-state index in [0.717, 1.165) is 60.8 Å². The van der Waals surface area contributed by atoms with Gasteiger partial charge in [-0.3, -0.25) is 9.38 Å². The van der Waals surface area contributed by atoms with Crippen LogP contribution in [-0.2, 0) is 5.41 Å². The third-order valence-electron chi connectivity index (χ3n) is 8.25. The second kappa shape index (κ2) is 8.45. The Balaban J connectivity index is 1.31. The monoisotopic (exact) mass is 514 g/mol. The summed E-state index contributed by atoms with van der Waals surface area (Å²) in [4.78, 5) is 15.1. The van der Waals surface area contributed by atoms with Gasteiger partial charge in [0, 0.05) is 33.3 Å². The first-order valence-corrected chi connectivity index (χ1v) is 13.6. The quantitative estimate of drug-likeness (QED) is 0.221. The van der Waals surface area contributed by atoms with Crippen LogP contribution in [0.1, 0.15) is 25.1 Å². The summed E-state index contributed by atoms with van der Waals surface area (Å²) >= 11 is 0. The highest BCUT2D eigenvalue weighted by Crippen LogP contribution is 2.36. The molecule has 0 amide bonds. The topological polar surface area (TPSA) is 43.1 Å². The van der Waals surface area contributed by atoms with Crippen molar-refractivity contribution in [2.24, 2.45) is 0 Å². The van der Waals surface area contributed by atoms with Crippen LogP contribution in [-0.4, -0.2) is 19.4 Å². The van der Waals surface area contributed by atoms with Gasteiger partial charge in [0.1, 0.15) is 5.65 Å². The van der Waals surface area contributed by atoms with Gasteiger partial charge in [0.2, 0.25) is 0 Å². The maximum Gasteiger partial charge on any atom is 0.146 e. The zero-order valence-electron chi connectivity index (χ0n) is 22.3. The highest BCUT2D eigenvalue weighted by molar-refractivity contribution is 6.12. The average Bonchev–Trinajstić information content (AvgIpc) is 3.41. The number of pyridine rings is 3. The fourth-order valence-electron chi connectivity index (χ4n) is 5.97. The molecule has 0 aliphatic rings.